The second kappa shape index (κ2) is 12.5. The molecule has 0 fully saturated rings. The Balaban J connectivity index is 1.63. The van der Waals surface area contributed by atoms with Crippen LogP contribution in [0.1, 0.15) is 46.1 Å². The molecule has 0 radical (unpaired) electrons. The van der Waals surface area contributed by atoms with Crippen LogP contribution in [-0.4, -0.2) is 23.8 Å². The molecule has 0 saturated heterocycles. The van der Waals surface area contributed by atoms with E-state index in [2.05, 4.69) is 5.10 Å². The van der Waals surface area contributed by atoms with Crippen molar-refractivity contribution in [1.82, 2.24) is 18.9 Å². The minimum Gasteiger partial charge on any atom is -0.268 e. The molecule has 5 rings (SSSR count). The maximum Gasteiger partial charge on any atom is 0.416 e. The Hall–Kier alpha value is -5.66. The number of alkyl halides is 5. The zero-order valence-corrected chi connectivity index (χ0v) is 23.0. The number of benzene rings is 3. The Bertz CT molecular complexity index is 1990. The van der Waals surface area contributed by atoms with E-state index in [0.717, 1.165) is 12.1 Å². The van der Waals surface area contributed by atoms with Crippen molar-refractivity contribution in [3.8, 4) is 0 Å². The molecule has 0 saturated carbocycles. The lowest BCUT2D eigenvalue weighted by Gasteiger charge is -2.19. The van der Waals surface area contributed by atoms with Gasteiger partial charge in [-0.25, -0.2) is 18.1 Å². The van der Waals surface area contributed by atoms with Gasteiger partial charge >= 0.3 is 23.1 Å². The van der Waals surface area contributed by atoms with Crippen LogP contribution in [0, 0.1) is 10.1 Å². The fourth-order valence-corrected chi connectivity index (χ4v) is 4.75. The van der Waals surface area contributed by atoms with Crippen molar-refractivity contribution >= 4 is 17.8 Å². The molecule has 0 spiro atoms. The zero-order valence-electron chi connectivity index (χ0n) is 23.0. The first-order chi connectivity index (χ1) is 21.5. The number of rotatable bonds is 9. The quantitative estimate of drug-likeness (QED) is 0.108. The van der Waals surface area contributed by atoms with Crippen LogP contribution in [0.3, 0.4) is 0 Å². The van der Waals surface area contributed by atoms with Crippen molar-refractivity contribution in [1.29, 1.82) is 0 Å². The van der Waals surface area contributed by atoms with Crippen molar-refractivity contribution in [2.75, 3.05) is 0 Å². The summed E-state index contributed by atoms with van der Waals surface area (Å²) in [5, 5.41) is 16.2. The Kier molecular flexibility index (Phi) is 8.57. The van der Waals surface area contributed by atoms with E-state index in [1.807, 2.05) is 0 Å². The van der Waals surface area contributed by atoms with Gasteiger partial charge in [-0.3, -0.25) is 24.2 Å². The summed E-state index contributed by atoms with van der Waals surface area (Å²) in [6.07, 6.45) is -4.82. The van der Waals surface area contributed by atoms with Crippen LogP contribution in [-0.2, 0) is 12.7 Å². The summed E-state index contributed by atoms with van der Waals surface area (Å²) in [4.78, 5) is 38.0. The van der Waals surface area contributed by atoms with E-state index in [9.17, 15) is 32.9 Å². The zero-order chi connectivity index (χ0) is 32.3. The monoisotopic (exact) mass is 623 g/mol. The Labute approximate surface area is 250 Å². The summed E-state index contributed by atoms with van der Waals surface area (Å²) in [7, 11) is 0. The molecular weight excluding hydrogens is 601 g/mol. The van der Waals surface area contributed by atoms with E-state index in [1.54, 1.807) is 12.1 Å². The highest BCUT2D eigenvalue weighted by Crippen LogP contribution is 2.32. The van der Waals surface area contributed by atoms with Gasteiger partial charge in [0.2, 0.25) is 12.6 Å². The molecule has 0 bridgehead atoms. The van der Waals surface area contributed by atoms with Crippen LogP contribution >= 0.6 is 0 Å². The molecule has 2 unspecified atom stereocenters. The van der Waals surface area contributed by atoms with E-state index in [1.165, 1.54) is 89.9 Å². The minimum atomic E-state index is -4.60. The van der Waals surface area contributed by atoms with Crippen molar-refractivity contribution in [2.45, 2.75) is 25.3 Å². The molecule has 2 aromatic heterocycles. The van der Waals surface area contributed by atoms with Crippen molar-refractivity contribution < 1.29 is 26.9 Å². The topological polar surface area (TPSA) is 105 Å². The van der Waals surface area contributed by atoms with Gasteiger partial charge in [-0.15, -0.1) is 0 Å². The van der Waals surface area contributed by atoms with Crippen molar-refractivity contribution in [3.05, 3.63) is 162 Å². The van der Waals surface area contributed by atoms with Gasteiger partial charge in [0.05, 0.1) is 23.2 Å². The lowest BCUT2D eigenvalue weighted by Crippen LogP contribution is -2.44. The third-order valence-corrected chi connectivity index (χ3v) is 6.86. The summed E-state index contributed by atoms with van der Waals surface area (Å²) in [5.41, 5.74) is -6.13. The first kappa shape index (κ1) is 30.8. The second-order valence-corrected chi connectivity index (χ2v) is 9.77. The number of hydrogen-bond acceptors (Lipinski definition) is 5. The molecule has 230 valence electrons. The van der Waals surface area contributed by atoms with Crippen LogP contribution in [0.5, 0.6) is 0 Å². The molecule has 0 aliphatic carbocycles. The maximum atomic E-state index is 16.1. The lowest BCUT2D eigenvalue weighted by molar-refractivity contribution is -0.387. The average molecular weight is 624 g/mol. The smallest absolute Gasteiger partial charge is 0.268 e. The highest BCUT2D eigenvalue weighted by atomic mass is 19.4. The third-order valence-electron chi connectivity index (χ3n) is 6.86. The summed E-state index contributed by atoms with van der Waals surface area (Å²) >= 11 is 0. The fourth-order valence-electron chi connectivity index (χ4n) is 4.75. The number of nitrogens with zero attached hydrogens (tertiary/aromatic N) is 5. The van der Waals surface area contributed by atoms with Gasteiger partial charge in [-0.2, -0.15) is 18.3 Å². The van der Waals surface area contributed by atoms with Gasteiger partial charge in [0.25, 0.3) is 0 Å². The van der Waals surface area contributed by atoms with Gasteiger partial charge < -0.3 is 0 Å². The number of halogens is 5. The number of nitro groups is 1. The van der Waals surface area contributed by atoms with Crippen LogP contribution < -0.4 is 11.2 Å². The fraction of sp³-hybridized carbons (Fsp3) is 0.129. The van der Waals surface area contributed by atoms with Crippen LogP contribution in [0.25, 0.3) is 12.2 Å². The Morgan fingerprint density at radius 3 is 1.96 bits per heavy atom. The average Bonchev–Trinajstić information content (AvgIpc) is 3.47. The molecule has 0 amide bonds. The van der Waals surface area contributed by atoms with Gasteiger partial charge in [-0.1, -0.05) is 78.9 Å². The van der Waals surface area contributed by atoms with Crippen LogP contribution in [0.2, 0.25) is 0 Å². The van der Waals surface area contributed by atoms with Gasteiger partial charge in [0.15, 0.2) is 0 Å². The maximum absolute atomic E-state index is 16.1. The van der Waals surface area contributed by atoms with Gasteiger partial charge in [0.1, 0.15) is 5.69 Å². The highest BCUT2D eigenvalue weighted by molar-refractivity contribution is 5.71. The van der Waals surface area contributed by atoms with Crippen molar-refractivity contribution in [2.24, 2.45) is 0 Å². The highest BCUT2D eigenvalue weighted by Gasteiger charge is 2.34. The van der Waals surface area contributed by atoms with E-state index in [4.69, 9.17) is 0 Å². The standard InChI is InChI=1S/C31H22F5N5O4/c32-27(21-9-3-1-4-10-21)39-25(26(41(44)45)29(42)40(30(39)43)28(33)22-11-5-2-6-12-22)16-15-20-17-37-38(18-20)19-23-13-7-8-14-24(23)31(34,35)36/h1-18,27-28H,19H2. The first-order valence-corrected chi connectivity index (χ1v) is 13.3. The molecular formula is C31H22F5N5O4. The first-order valence-electron chi connectivity index (χ1n) is 13.3. The molecule has 0 aliphatic rings. The summed E-state index contributed by atoms with van der Waals surface area (Å²) in [6, 6.07) is 18.9. The van der Waals surface area contributed by atoms with Crippen molar-refractivity contribution in [3.63, 3.8) is 0 Å². The summed E-state index contributed by atoms with van der Waals surface area (Å²) in [6.45, 7) is -0.275. The molecule has 45 heavy (non-hydrogen) atoms. The normalized spacial score (nSPS) is 13.2. The van der Waals surface area contributed by atoms with E-state index < -0.39 is 51.9 Å². The predicted molar refractivity (Wildman–Crippen MR) is 155 cm³/mol. The summed E-state index contributed by atoms with van der Waals surface area (Å²) < 4.78 is 73.5. The van der Waals surface area contributed by atoms with E-state index in [-0.39, 0.29) is 33.4 Å². The largest absolute Gasteiger partial charge is 0.416 e. The SMILES string of the molecule is O=c1c([N+](=O)[O-])c(C=Cc2cnn(Cc3ccccc3C(F)(F)F)c2)n(C(F)c2ccccc2)c(=O)n1C(F)c1ccccc1. The molecule has 3 aromatic carbocycles. The van der Waals surface area contributed by atoms with Crippen LogP contribution in [0.4, 0.5) is 27.6 Å². The van der Waals surface area contributed by atoms with E-state index >= 15 is 8.78 Å². The van der Waals surface area contributed by atoms with Gasteiger partial charge in [0, 0.05) is 22.9 Å². The molecule has 0 N–H and O–H groups in total. The molecule has 14 heteroatoms. The predicted octanol–water partition coefficient (Wildman–Crippen LogP) is 6.39. The Morgan fingerprint density at radius 2 is 1.38 bits per heavy atom. The van der Waals surface area contributed by atoms with Gasteiger partial charge in [-0.05, 0) is 23.8 Å². The van der Waals surface area contributed by atoms with E-state index in [0.29, 0.717) is 4.57 Å². The van der Waals surface area contributed by atoms with Crippen LogP contribution in [0.15, 0.2) is 107 Å². The molecule has 2 atom stereocenters. The Morgan fingerprint density at radius 1 is 0.822 bits per heavy atom. The lowest BCUT2D eigenvalue weighted by atomic mass is 10.1. The summed E-state index contributed by atoms with van der Waals surface area (Å²) in [5.74, 6) is 0. The number of aromatic nitrogens is 4. The molecule has 9 nitrogen and oxygen atoms in total. The second-order valence-electron chi connectivity index (χ2n) is 9.77. The molecule has 0 aliphatic heterocycles. The third kappa shape index (κ3) is 6.34. The number of hydrogen-bond donors (Lipinski definition) is 0. The molecule has 5 aromatic rings. The molecule has 2 heterocycles. The minimum absolute atomic E-state index is 0.0174.